The maximum atomic E-state index is 13.7. The Morgan fingerprint density at radius 1 is 0.938 bits per heavy atom. The van der Waals surface area contributed by atoms with Gasteiger partial charge in [-0.3, -0.25) is 13.9 Å². The Morgan fingerprint density at radius 2 is 1.50 bits per heavy atom. The van der Waals surface area contributed by atoms with Gasteiger partial charge in [-0.25, -0.2) is 9.67 Å². The Kier molecular flexibility index (Phi) is 6.01. The fourth-order valence-corrected chi connectivity index (χ4v) is 5.01. The molecule has 0 amide bonds. The third kappa shape index (κ3) is 3.65. The van der Waals surface area contributed by atoms with Crippen LogP contribution in [-0.4, -0.2) is 32.5 Å². The summed E-state index contributed by atoms with van der Waals surface area (Å²) in [5.74, 6) is 0. The molecule has 0 aliphatic rings. The van der Waals surface area contributed by atoms with E-state index >= 15 is 0 Å². The van der Waals surface area contributed by atoms with Crippen LogP contribution in [0, 0.1) is 11.3 Å². The zero-order chi connectivity index (χ0) is 22.7. The summed E-state index contributed by atoms with van der Waals surface area (Å²) in [6.07, 6.45) is 0. The number of para-hydroxylation sites is 2. The Morgan fingerprint density at radius 3 is 2.03 bits per heavy atom. The third-order valence-corrected chi connectivity index (χ3v) is 6.63. The second-order valence-electron chi connectivity index (χ2n) is 6.63. The molecule has 0 fully saturated rings. The average molecular weight is 449 g/mol. The van der Waals surface area contributed by atoms with E-state index in [-0.39, 0.29) is 35.5 Å². The van der Waals surface area contributed by atoms with Gasteiger partial charge in [-0.1, -0.05) is 36.4 Å². The number of aromatic nitrogens is 4. The minimum atomic E-state index is -3.99. The topological polar surface area (TPSA) is 112 Å². The van der Waals surface area contributed by atoms with Crippen molar-refractivity contribution in [3.05, 3.63) is 76.7 Å². The number of nitrogens with zero attached hydrogens (tertiary/aromatic N) is 5. The Labute approximate surface area is 184 Å². The molecular weight excluding hydrogens is 429 g/mol. The summed E-state index contributed by atoms with van der Waals surface area (Å²) in [7, 11) is -3.99. The molecule has 32 heavy (non-hydrogen) atoms. The number of fused-ring (bicyclic) bond motifs is 1. The molecule has 9 nitrogen and oxygen atoms in total. The lowest BCUT2D eigenvalue weighted by Crippen LogP contribution is -2.35. The molecular formula is C22H20N5O4P. The molecule has 0 aliphatic carbocycles. The van der Waals surface area contributed by atoms with Gasteiger partial charge in [-0.05, 0) is 38.1 Å². The molecule has 2 aromatic heterocycles. The van der Waals surface area contributed by atoms with E-state index in [1.165, 1.54) is 9.25 Å². The molecule has 0 saturated heterocycles. The lowest BCUT2D eigenvalue weighted by Gasteiger charge is -2.20. The minimum Gasteiger partial charge on any atom is -0.303 e. The molecule has 0 aliphatic heterocycles. The number of benzene rings is 2. The Hall–Kier alpha value is -3.57. The van der Waals surface area contributed by atoms with Gasteiger partial charge in [0, 0.05) is 0 Å². The van der Waals surface area contributed by atoms with Crippen LogP contribution in [0.2, 0.25) is 0 Å². The first-order chi connectivity index (χ1) is 15.5. The molecule has 0 N–H and O–H groups in total. The first-order valence-corrected chi connectivity index (χ1v) is 11.5. The number of hydrogen-bond donors (Lipinski definition) is 0. The smallest absolute Gasteiger partial charge is 0.303 e. The van der Waals surface area contributed by atoms with Crippen LogP contribution in [0.1, 0.15) is 19.5 Å². The second kappa shape index (κ2) is 8.89. The predicted molar refractivity (Wildman–Crippen MR) is 120 cm³/mol. The van der Waals surface area contributed by atoms with Gasteiger partial charge in [-0.2, -0.15) is 10.4 Å². The summed E-state index contributed by atoms with van der Waals surface area (Å²) < 4.78 is 27.2. The van der Waals surface area contributed by atoms with Crippen molar-refractivity contribution in [2.75, 3.05) is 13.2 Å². The predicted octanol–water partition coefficient (Wildman–Crippen LogP) is 3.33. The fourth-order valence-electron chi connectivity index (χ4n) is 3.35. The first kappa shape index (κ1) is 21.7. The largest absolute Gasteiger partial charge is 0.397 e. The van der Waals surface area contributed by atoms with Crippen molar-refractivity contribution in [3.8, 4) is 17.4 Å². The first-order valence-electron chi connectivity index (χ1n) is 10.0. The number of nitriles is 1. The van der Waals surface area contributed by atoms with Gasteiger partial charge in [0.2, 0.25) is 5.57 Å². The Bertz CT molecular complexity index is 1400. The maximum Gasteiger partial charge on any atom is 0.397 e. The van der Waals surface area contributed by atoms with E-state index in [0.717, 1.165) is 0 Å². The molecule has 0 bridgehead atoms. The van der Waals surface area contributed by atoms with Gasteiger partial charge in [0.15, 0.2) is 11.2 Å². The van der Waals surface area contributed by atoms with Crippen molar-refractivity contribution in [1.82, 2.24) is 19.3 Å². The van der Waals surface area contributed by atoms with Crippen LogP contribution in [-0.2, 0) is 13.6 Å². The van der Waals surface area contributed by atoms with Crippen molar-refractivity contribution in [3.63, 3.8) is 0 Å². The molecule has 4 rings (SSSR count). The van der Waals surface area contributed by atoms with Crippen molar-refractivity contribution in [2.45, 2.75) is 13.8 Å². The van der Waals surface area contributed by atoms with E-state index in [0.29, 0.717) is 11.4 Å². The maximum absolute atomic E-state index is 13.7. The van der Waals surface area contributed by atoms with Gasteiger partial charge in [0.1, 0.15) is 11.6 Å². The van der Waals surface area contributed by atoms with Crippen molar-refractivity contribution in [1.29, 1.82) is 5.26 Å². The number of rotatable bonds is 7. The molecule has 2 heterocycles. The summed E-state index contributed by atoms with van der Waals surface area (Å²) in [4.78, 5) is 18.1. The van der Waals surface area contributed by atoms with Gasteiger partial charge in [0.25, 0.3) is 5.56 Å². The molecule has 0 saturated carbocycles. The zero-order valence-corrected chi connectivity index (χ0v) is 18.4. The van der Waals surface area contributed by atoms with E-state index in [2.05, 4.69) is 16.2 Å². The summed E-state index contributed by atoms with van der Waals surface area (Å²) in [5, 5.41) is 14.2. The SMILES string of the molecule is CCOP(=O)(OCC)c1nc2c(C#N)n(-c3ccccc3)nc2c(=O)n1-c1ccccc1. The van der Waals surface area contributed by atoms with E-state index in [9.17, 15) is 14.6 Å². The minimum absolute atomic E-state index is 0.0300. The van der Waals surface area contributed by atoms with Crippen LogP contribution in [0.4, 0.5) is 0 Å². The normalized spacial score (nSPS) is 11.5. The second-order valence-corrected chi connectivity index (χ2v) is 8.54. The molecule has 4 aromatic rings. The van der Waals surface area contributed by atoms with Gasteiger partial charge in [-0.15, -0.1) is 0 Å². The van der Waals surface area contributed by atoms with Crippen LogP contribution in [0.25, 0.3) is 22.4 Å². The highest BCUT2D eigenvalue weighted by Gasteiger charge is 2.35. The quantitative estimate of drug-likeness (QED) is 0.398. The molecule has 0 unspecified atom stereocenters. The zero-order valence-electron chi connectivity index (χ0n) is 17.5. The van der Waals surface area contributed by atoms with Crippen molar-refractivity contribution < 1.29 is 13.6 Å². The summed E-state index contributed by atoms with van der Waals surface area (Å²) in [5.41, 5.74) is 0.280. The van der Waals surface area contributed by atoms with Crippen LogP contribution in [0.5, 0.6) is 0 Å². The standard InChI is InChI=1S/C22H20N5O4P/c1-3-30-32(29,31-4-2)22-24-19-18(15-23)27(17-13-9-6-10-14-17)25-20(19)21(28)26(22)16-11-7-5-8-12-16/h5-14H,3-4H2,1-2H3. The Balaban J connectivity index is 2.13. The highest BCUT2D eigenvalue weighted by Crippen LogP contribution is 2.46. The summed E-state index contributed by atoms with van der Waals surface area (Å²) in [6.45, 7) is 3.50. The van der Waals surface area contributed by atoms with Gasteiger partial charge >= 0.3 is 7.60 Å². The monoisotopic (exact) mass is 449 g/mol. The molecule has 0 atom stereocenters. The van der Waals surface area contributed by atoms with E-state index in [1.807, 2.05) is 6.07 Å². The summed E-state index contributed by atoms with van der Waals surface area (Å²) >= 11 is 0. The van der Waals surface area contributed by atoms with Crippen LogP contribution in [0.3, 0.4) is 0 Å². The van der Waals surface area contributed by atoms with Crippen molar-refractivity contribution in [2.24, 2.45) is 0 Å². The molecule has 0 radical (unpaired) electrons. The van der Waals surface area contributed by atoms with Crippen LogP contribution in [0.15, 0.2) is 65.5 Å². The molecule has 0 spiro atoms. The molecule has 2 aromatic carbocycles. The molecule has 10 heteroatoms. The average Bonchev–Trinajstić information content (AvgIpc) is 3.19. The third-order valence-electron chi connectivity index (χ3n) is 4.64. The lowest BCUT2D eigenvalue weighted by atomic mass is 10.3. The van der Waals surface area contributed by atoms with Crippen LogP contribution >= 0.6 is 7.60 Å². The molecule has 162 valence electrons. The van der Waals surface area contributed by atoms with Gasteiger partial charge in [0.05, 0.1) is 24.6 Å². The highest BCUT2D eigenvalue weighted by atomic mass is 31.2. The fraction of sp³-hybridized carbons (Fsp3) is 0.182. The number of hydrogen-bond acceptors (Lipinski definition) is 7. The van der Waals surface area contributed by atoms with E-state index in [1.54, 1.807) is 68.4 Å². The van der Waals surface area contributed by atoms with Crippen LogP contribution < -0.4 is 11.1 Å². The van der Waals surface area contributed by atoms with E-state index in [4.69, 9.17) is 9.05 Å². The highest BCUT2D eigenvalue weighted by molar-refractivity contribution is 7.61. The van der Waals surface area contributed by atoms with Crippen molar-refractivity contribution >= 4 is 24.2 Å². The lowest BCUT2D eigenvalue weighted by molar-refractivity contribution is 0.228. The van der Waals surface area contributed by atoms with E-state index < -0.39 is 13.2 Å². The van der Waals surface area contributed by atoms with Gasteiger partial charge < -0.3 is 9.05 Å². The summed E-state index contributed by atoms with van der Waals surface area (Å²) in [6, 6.07) is 19.6.